The third kappa shape index (κ3) is 4.74. The lowest BCUT2D eigenvalue weighted by molar-refractivity contribution is 0.0666. The van der Waals surface area contributed by atoms with Crippen molar-refractivity contribution in [3.63, 3.8) is 0 Å². The van der Waals surface area contributed by atoms with Gasteiger partial charge in [-0.15, -0.1) is 11.3 Å². The summed E-state index contributed by atoms with van der Waals surface area (Å²) in [5, 5.41) is 2.76. The van der Waals surface area contributed by atoms with Crippen LogP contribution >= 0.6 is 11.3 Å². The summed E-state index contributed by atoms with van der Waals surface area (Å²) in [6.07, 6.45) is 1.59. The van der Waals surface area contributed by atoms with Gasteiger partial charge in [-0.1, -0.05) is 24.3 Å². The molecule has 2 aromatic heterocycles. The number of benzene rings is 2. The molecule has 0 spiro atoms. The number of nitrogens with two attached hydrogens (primary N) is 3. The maximum absolute atomic E-state index is 13.3. The molecule has 3 heterocycles. The number of hydrogen-bond acceptors (Lipinski definition) is 7. The van der Waals surface area contributed by atoms with E-state index < -0.39 is 6.03 Å². The molecule has 190 valence electrons. The molecule has 0 aliphatic carbocycles. The van der Waals surface area contributed by atoms with E-state index in [1.165, 1.54) is 16.2 Å². The molecule has 1 fully saturated rings. The van der Waals surface area contributed by atoms with Crippen LogP contribution in [0.2, 0.25) is 0 Å². The summed E-state index contributed by atoms with van der Waals surface area (Å²) in [7, 11) is 2.06. The molecule has 0 atom stereocenters. The molecule has 4 aromatic rings. The zero-order chi connectivity index (χ0) is 26.1. The Morgan fingerprint density at radius 1 is 1.05 bits per heavy atom. The average molecular weight is 516 g/mol. The van der Waals surface area contributed by atoms with Crippen LogP contribution in [0.15, 0.2) is 60.1 Å². The fraction of sp³-hybridized carbons (Fsp3) is 0.222. The van der Waals surface area contributed by atoms with Crippen molar-refractivity contribution in [3.05, 3.63) is 71.2 Å². The third-order valence-corrected chi connectivity index (χ3v) is 7.72. The van der Waals surface area contributed by atoms with Crippen LogP contribution in [0.3, 0.4) is 0 Å². The first-order chi connectivity index (χ1) is 17.9. The van der Waals surface area contributed by atoms with Gasteiger partial charge >= 0.3 is 6.03 Å². The van der Waals surface area contributed by atoms with Gasteiger partial charge in [0, 0.05) is 49.9 Å². The van der Waals surface area contributed by atoms with Gasteiger partial charge in [0.25, 0.3) is 5.91 Å². The number of nitrogens with zero attached hydrogens (tertiary/aromatic N) is 4. The van der Waals surface area contributed by atoms with Gasteiger partial charge < -0.3 is 27.0 Å². The summed E-state index contributed by atoms with van der Waals surface area (Å²) in [5.74, 6) is 0.355. The summed E-state index contributed by atoms with van der Waals surface area (Å²) in [6, 6.07) is 14.3. The van der Waals surface area contributed by atoms with Crippen LogP contribution in [0.4, 0.5) is 22.0 Å². The molecule has 0 bridgehead atoms. The van der Waals surface area contributed by atoms with Crippen LogP contribution in [0.1, 0.15) is 15.9 Å². The van der Waals surface area contributed by atoms with Crippen LogP contribution < -0.4 is 22.1 Å². The molecule has 5 rings (SSSR count). The summed E-state index contributed by atoms with van der Waals surface area (Å²) in [5.41, 5.74) is 22.3. The minimum atomic E-state index is -0.594. The molecule has 0 radical (unpaired) electrons. The van der Waals surface area contributed by atoms with E-state index in [0.717, 1.165) is 39.9 Å². The number of pyridine rings is 1. The average Bonchev–Trinajstić information content (AvgIpc) is 3.36. The molecule has 0 saturated carbocycles. The molecule has 9 nitrogen and oxygen atoms in total. The molecule has 1 aliphatic rings. The van der Waals surface area contributed by atoms with Gasteiger partial charge in [0.2, 0.25) is 0 Å². The SMILES string of the molecule is CN1CCN(C(=O)c2cnc(N)c3c(-c4ccc(N(C(N)=O)c5cccc(CN)c5)cc4)csc23)CC1. The monoisotopic (exact) mass is 515 g/mol. The molecule has 0 unspecified atom stereocenters. The molecule has 3 amide bonds. The summed E-state index contributed by atoms with van der Waals surface area (Å²) < 4.78 is 0.827. The lowest BCUT2D eigenvalue weighted by atomic mass is 10.0. The number of nitrogen functional groups attached to an aromatic ring is 1. The molecule has 37 heavy (non-hydrogen) atoms. The predicted octanol–water partition coefficient (Wildman–Crippen LogP) is 3.61. The number of hydrogen-bond donors (Lipinski definition) is 3. The highest BCUT2D eigenvalue weighted by Gasteiger charge is 2.25. The zero-order valence-corrected chi connectivity index (χ0v) is 21.4. The summed E-state index contributed by atoms with van der Waals surface area (Å²) >= 11 is 1.48. The van der Waals surface area contributed by atoms with Gasteiger partial charge in [-0.05, 0) is 47.8 Å². The Bertz CT molecular complexity index is 1460. The Balaban J connectivity index is 1.49. The largest absolute Gasteiger partial charge is 0.383 e. The molecular weight excluding hydrogens is 486 g/mol. The Morgan fingerprint density at radius 2 is 1.78 bits per heavy atom. The van der Waals surface area contributed by atoms with Crippen molar-refractivity contribution < 1.29 is 9.59 Å². The molecule has 10 heteroatoms. The van der Waals surface area contributed by atoms with Gasteiger partial charge in [0.1, 0.15) is 5.82 Å². The number of aromatic nitrogens is 1. The number of amides is 3. The number of carbonyl (C=O) groups excluding carboxylic acids is 2. The van der Waals surface area contributed by atoms with Crippen molar-refractivity contribution in [2.24, 2.45) is 11.5 Å². The highest BCUT2D eigenvalue weighted by molar-refractivity contribution is 7.18. The fourth-order valence-electron chi connectivity index (χ4n) is 4.63. The molecular formula is C27H29N7O2S. The smallest absolute Gasteiger partial charge is 0.323 e. The predicted molar refractivity (Wildman–Crippen MR) is 149 cm³/mol. The number of urea groups is 1. The second kappa shape index (κ2) is 10.2. The number of thiophene rings is 1. The van der Waals surface area contributed by atoms with Crippen LogP contribution in [0.25, 0.3) is 21.2 Å². The standard InChI is InChI=1S/C27H29N7O2S/c1-32-9-11-33(12-10-32)26(35)21-15-31-25(29)23-22(16-37-24(21)23)18-5-7-19(8-6-18)34(27(30)36)20-4-2-3-17(13-20)14-28/h2-8,13,15-16H,9-12,14,28H2,1H3,(H2,29,31)(H2,30,36). The first-order valence-corrected chi connectivity index (χ1v) is 12.9. The van der Waals surface area contributed by atoms with Gasteiger partial charge in [-0.3, -0.25) is 9.69 Å². The molecule has 1 aliphatic heterocycles. The van der Waals surface area contributed by atoms with E-state index in [1.54, 1.807) is 6.20 Å². The Kier molecular flexibility index (Phi) is 6.79. The summed E-state index contributed by atoms with van der Waals surface area (Å²) in [4.78, 5) is 35.5. The van der Waals surface area contributed by atoms with E-state index in [4.69, 9.17) is 17.2 Å². The third-order valence-electron chi connectivity index (χ3n) is 6.71. The van der Waals surface area contributed by atoms with Crippen molar-refractivity contribution in [1.29, 1.82) is 0 Å². The number of rotatable bonds is 5. The van der Waals surface area contributed by atoms with Crippen molar-refractivity contribution in [3.8, 4) is 11.1 Å². The maximum Gasteiger partial charge on any atom is 0.323 e. The van der Waals surface area contributed by atoms with Gasteiger partial charge in [-0.25, -0.2) is 9.78 Å². The highest BCUT2D eigenvalue weighted by atomic mass is 32.1. The van der Waals surface area contributed by atoms with Gasteiger partial charge in [-0.2, -0.15) is 0 Å². The van der Waals surface area contributed by atoms with Crippen molar-refractivity contribution in [1.82, 2.24) is 14.8 Å². The second-order valence-corrected chi connectivity index (χ2v) is 9.98. The fourth-order valence-corrected chi connectivity index (χ4v) is 5.72. The van der Waals surface area contributed by atoms with Crippen molar-refractivity contribution in [2.45, 2.75) is 6.54 Å². The minimum absolute atomic E-state index is 0.0221. The second-order valence-electron chi connectivity index (χ2n) is 9.10. The van der Waals surface area contributed by atoms with E-state index in [-0.39, 0.29) is 5.91 Å². The quantitative estimate of drug-likeness (QED) is 0.372. The lowest BCUT2D eigenvalue weighted by Gasteiger charge is -2.32. The number of fused-ring (bicyclic) bond motifs is 1. The van der Waals surface area contributed by atoms with Crippen molar-refractivity contribution in [2.75, 3.05) is 43.9 Å². The van der Waals surface area contributed by atoms with Gasteiger partial charge in [0.05, 0.1) is 21.6 Å². The summed E-state index contributed by atoms with van der Waals surface area (Å²) in [6.45, 7) is 3.42. The first kappa shape index (κ1) is 24.7. The van der Waals surface area contributed by atoms with E-state index in [0.29, 0.717) is 42.4 Å². The van der Waals surface area contributed by atoms with Crippen LogP contribution in [-0.2, 0) is 6.54 Å². The van der Waals surface area contributed by atoms with Crippen LogP contribution in [0.5, 0.6) is 0 Å². The number of carbonyl (C=O) groups is 2. The molecule has 1 saturated heterocycles. The van der Waals surface area contributed by atoms with E-state index in [1.807, 2.05) is 58.8 Å². The molecule has 6 N–H and O–H groups in total. The number of primary amides is 1. The van der Waals surface area contributed by atoms with Crippen LogP contribution in [0, 0.1) is 0 Å². The number of likely N-dealkylation sites (N-methyl/N-ethyl adjacent to an activating group) is 1. The van der Waals surface area contributed by atoms with Crippen LogP contribution in [-0.4, -0.2) is 59.9 Å². The normalized spacial score (nSPS) is 14.2. The Morgan fingerprint density at radius 3 is 2.46 bits per heavy atom. The van der Waals surface area contributed by atoms with Gasteiger partial charge in [0.15, 0.2) is 0 Å². The van der Waals surface area contributed by atoms with E-state index >= 15 is 0 Å². The maximum atomic E-state index is 13.3. The lowest BCUT2D eigenvalue weighted by Crippen LogP contribution is -2.47. The van der Waals surface area contributed by atoms with E-state index in [9.17, 15) is 9.59 Å². The Hall–Kier alpha value is -3.99. The zero-order valence-electron chi connectivity index (χ0n) is 20.6. The first-order valence-electron chi connectivity index (χ1n) is 12.0. The minimum Gasteiger partial charge on any atom is -0.383 e. The number of piperazine rings is 1. The van der Waals surface area contributed by atoms with Crippen molar-refractivity contribution >= 4 is 50.6 Å². The highest BCUT2D eigenvalue weighted by Crippen LogP contribution is 2.39. The topological polar surface area (TPSA) is 135 Å². The van der Waals surface area contributed by atoms with E-state index in [2.05, 4.69) is 16.9 Å². The Labute approximate surface area is 219 Å². The number of anilines is 3. The molecule has 2 aromatic carbocycles.